The molecule has 1 heterocycles. The van der Waals surface area contributed by atoms with Crippen molar-refractivity contribution in [2.24, 2.45) is 14.1 Å². The van der Waals surface area contributed by atoms with Crippen molar-refractivity contribution in [3.8, 4) is 0 Å². The highest BCUT2D eigenvalue weighted by Crippen LogP contribution is 2.22. The zero-order chi connectivity index (χ0) is 18.1. The number of benzene rings is 1. The van der Waals surface area contributed by atoms with Gasteiger partial charge in [0.05, 0.1) is 5.56 Å². The summed E-state index contributed by atoms with van der Waals surface area (Å²) in [6, 6.07) is 7.44. The number of hydrogen-bond acceptors (Lipinski definition) is 3. The van der Waals surface area contributed by atoms with Crippen LogP contribution in [0, 0.1) is 0 Å². The number of rotatable bonds is 3. The average molecular weight is 326 g/mol. The molecule has 1 aromatic heterocycles. The molecule has 0 saturated heterocycles. The maximum Gasteiger partial charge on any atom is 0.330 e. The lowest BCUT2D eigenvalue weighted by molar-refractivity contribution is 0.104. The van der Waals surface area contributed by atoms with Crippen LogP contribution in [0.25, 0.3) is 6.08 Å². The molecule has 1 aromatic carbocycles. The third-order valence-corrected chi connectivity index (χ3v) is 3.92. The monoisotopic (exact) mass is 326 g/mol. The molecule has 0 aliphatic heterocycles. The van der Waals surface area contributed by atoms with Gasteiger partial charge in [-0.15, -0.1) is 0 Å². The van der Waals surface area contributed by atoms with Gasteiger partial charge in [-0.3, -0.25) is 14.2 Å². The molecular weight excluding hydrogens is 304 g/mol. The van der Waals surface area contributed by atoms with E-state index in [2.05, 4.69) is 20.8 Å². The molecule has 0 saturated carbocycles. The molecule has 0 unspecified atom stereocenters. The molecule has 5 nitrogen and oxygen atoms in total. The molecule has 0 amide bonds. The van der Waals surface area contributed by atoms with E-state index in [0.29, 0.717) is 11.1 Å². The molecule has 24 heavy (non-hydrogen) atoms. The lowest BCUT2D eigenvalue weighted by Gasteiger charge is -2.18. The highest BCUT2D eigenvalue weighted by atomic mass is 16.2. The molecule has 2 rings (SSSR count). The van der Waals surface area contributed by atoms with Crippen LogP contribution in [0.4, 0.5) is 0 Å². The van der Waals surface area contributed by atoms with E-state index in [1.807, 2.05) is 12.1 Å². The summed E-state index contributed by atoms with van der Waals surface area (Å²) in [5, 5.41) is 0. The van der Waals surface area contributed by atoms with Gasteiger partial charge in [0, 0.05) is 25.9 Å². The highest BCUT2D eigenvalue weighted by molar-refractivity contribution is 6.06. The van der Waals surface area contributed by atoms with E-state index in [4.69, 9.17) is 0 Å². The lowest BCUT2D eigenvalue weighted by atomic mass is 9.86. The number of nitrogens with zero attached hydrogens (tertiary/aromatic N) is 2. The van der Waals surface area contributed by atoms with Crippen molar-refractivity contribution in [3.63, 3.8) is 0 Å². The predicted octanol–water partition coefficient (Wildman–Crippen LogP) is 2.28. The van der Waals surface area contributed by atoms with Crippen LogP contribution in [0.5, 0.6) is 0 Å². The summed E-state index contributed by atoms with van der Waals surface area (Å²) >= 11 is 0. The predicted molar refractivity (Wildman–Crippen MR) is 95.4 cm³/mol. The number of carbonyl (C=O) groups excluding carboxylic acids is 1. The number of aromatic nitrogens is 2. The van der Waals surface area contributed by atoms with E-state index in [0.717, 1.165) is 10.1 Å². The Hall–Kier alpha value is -2.69. The molecular formula is C19H22N2O3. The van der Waals surface area contributed by atoms with Gasteiger partial charge in [0.1, 0.15) is 0 Å². The normalized spacial score (nSPS) is 11.9. The third kappa shape index (κ3) is 3.62. The molecule has 0 N–H and O–H groups in total. The third-order valence-electron chi connectivity index (χ3n) is 3.92. The quantitative estimate of drug-likeness (QED) is 0.642. The Morgan fingerprint density at radius 3 is 2.17 bits per heavy atom. The second kappa shape index (κ2) is 6.43. The van der Waals surface area contributed by atoms with Gasteiger partial charge in [0.25, 0.3) is 5.56 Å². The van der Waals surface area contributed by atoms with Gasteiger partial charge in [-0.2, -0.15) is 0 Å². The van der Waals surface area contributed by atoms with E-state index in [1.54, 1.807) is 19.2 Å². The molecule has 0 fully saturated rings. The lowest BCUT2D eigenvalue weighted by Crippen LogP contribution is -2.37. The molecule has 2 aromatic rings. The minimum Gasteiger partial charge on any atom is -0.303 e. The Labute approximate surface area is 140 Å². The molecule has 126 valence electrons. The van der Waals surface area contributed by atoms with Crippen LogP contribution in [0.2, 0.25) is 0 Å². The zero-order valence-electron chi connectivity index (χ0n) is 14.7. The van der Waals surface area contributed by atoms with Gasteiger partial charge in [-0.1, -0.05) is 45.0 Å². The van der Waals surface area contributed by atoms with Gasteiger partial charge < -0.3 is 4.57 Å². The summed E-state index contributed by atoms with van der Waals surface area (Å²) in [5.74, 6) is -0.189. The number of allylic oxidation sites excluding steroid dienone is 1. The van der Waals surface area contributed by atoms with Gasteiger partial charge in [0.15, 0.2) is 5.78 Å². The van der Waals surface area contributed by atoms with Crippen LogP contribution in [0.3, 0.4) is 0 Å². The first-order valence-electron chi connectivity index (χ1n) is 7.71. The maximum atomic E-state index is 12.3. The van der Waals surface area contributed by atoms with Gasteiger partial charge in [0.2, 0.25) is 0 Å². The summed E-state index contributed by atoms with van der Waals surface area (Å²) in [6.45, 7) is 6.33. The van der Waals surface area contributed by atoms with Crippen molar-refractivity contribution in [2.75, 3.05) is 0 Å². The second-order valence-electron chi connectivity index (χ2n) is 6.87. The van der Waals surface area contributed by atoms with Gasteiger partial charge >= 0.3 is 5.69 Å². The fourth-order valence-electron chi connectivity index (χ4n) is 2.35. The summed E-state index contributed by atoms with van der Waals surface area (Å²) in [7, 11) is 2.97. The van der Waals surface area contributed by atoms with Crippen molar-refractivity contribution in [1.29, 1.82) is 0 Å². The number of aryl methyl sites for hydroxylation is 1. The number of carbonyl (C=O) groups is 1. The van der Waals surface area contributed by atoms with Crippen LogP contribution < -0.4 is 11.2 Å². The molecule has 0 spiro atoms. The Morgan fingerprint density at radius 1 is 1.04 bits per heavy atom. The fourth-order valence-corrected chi connectivity index (χ4v) is 2.35. The van der Waals surface area contributed by atoms with Gasteiger partial charge in [-0.25, -0.2) is 4.79 Å². The van der Waals surface area contributed by atoms with E-state index in [-0.39, 0.29) is 11.2 Å². The summed E-state index contributed by atoms with van der Waals surface area (Å²) < 4.78 is 2.33. The maximum absolute atomic E-state index is 12.3. The Morgan fingerprint density at radius 2 is 1.62 bits per heavy atom. The zero-order valence-corrected chi connectivity index (χ0v) is 14.7. The van der Waals surface area contributed by atoms with Crippen molar-refractivity contribution < 1.29 is 4.79 Å². The second-order valence-corrected chi connectivity index (χ2v) is 6.87. The smallest absolute Gasteiger partial charge is 0.303 e. The van der Waals surface area contributed by atoms with Gasteiger partial charge in [-0.05, 0) is 23.1 Å². The van der Waals surface area contributed by atoms with Crippen LogP contribution in [0.15, 0.2) is 46.1 Å². The average Bonchev–Trinajstić information content (AvgIpc) is 2.54. The van der Waals surface area contributed by atoms with E-state index in [1.165, 1.54) is 30.0 Å². The molecule has 0 radical (unpaired) electrons. The summed E-state index contributed by atoms with van der Waals surface area (Å²) in [5.41, 5.74) is 1.19. The fraction of sp³-hybridized carbons (Fsp3) is 0.316. The largest absolute Gasteiger partial charge is 0.330 e. The molecule has 0 aliphatic carbocycles. The SMILES string of the molecule is Cn1cc(/C=C/C(=O)c2ccc(C(C)(C)C)cc2)c(=O)n(C)c1=O. The standard InChI is InChI=1S/C19H22N2O3/c1-19(2,3)15-9-6-13(7-10-15)16(22)11-8-14-12-20(4)18(24)21(5)17(14)23/h6-12H,1-5H3/b11-8+. The molecule has 0 bridgehead atoms. The molecule has 5 heteroatoms. The minimum absolute atomic E-state index is 0.0262. The van der Waals surface area contributed by atoms with Crippen LogP contribution in [-0.4, -0.2) is 14.9 Å². The molecule has 0 aliphatic rings. The first kappa shape index (κ1) is 17.7. The number of hydrogen-bond donors (Lipinski definition) is 0. The Kier molecular flexibility index (Phi) is 4.73. The first-order chi connectivity index (χ1) is 11.1. The van der Waals surface area contributed by atoms with Crippen LogP contribution in [-0.2, 0) is 19.5 Å². The summed E-state index contributed by atoms with van der Waals surface area (Å²) in [4.78, 5) is 35.9. The molecule has 0 atom stereocenters. The van der Waals surface area contributed by atoms with Crippen molar-refractivity contribution in [2.45, 2.75) is 26.2 Å². The first-order valence-corrected chi connectivity index (χ1v) is 7.71. The Balaban J connectivity index is 2.29. The van der Waals surface area contributed by atoms with E-state index in [9.17, 15) is 14.4 Å². The van der Waals surface area contributed by atoms with Crippen molar-refractivity contribution in [1.82, 2.24) is 9.13 Å². The van der Waals surface area contributed by atoms with Crippen LogP contribution >= 0.6 is 0 Å². The Bertz CT molecular complexity index is 908. The minimum atomic E-state index is -0.426. The van der Waals surface area contributed by atoms with Crippen molar-refractivity contribution in [3.05, 3.63) is 74.1 Å². The van der Waals surface area contributed by atoms with Crippen LogP contribution in [0.1, 0.15) is 42.3 Å². The highest BCUT2D eigenvalue weighted by Gasteiger charge is 2.13. The summed E-state index contributed by atoms with van der Waals surface area (Å²) in [6.07, 6.45) is 4.23. The van der Waals surface area contributed by atoms with E-state index < -0.39 is 11.2 Å². The number of ketones is 1. The van der Waals surface area contributed by atoms with Crippen molar-refractivity contribution >= 4 is 11.9 Å². The van der Waals surface area contributed by atoms with E-state index >= 15 is 0 Å². The topological polar surface area (TPSA) is 61.1 Å².